The Morgan fingerprint density at radius 3 is 2.42 bits per heavy atom. The number of nitrogens with two attached hydrogens (primary N) is 1. The van der Waals surface area contributed by atoms with Gasteiger partial charge < -0.3 is 15.4 Å². The number of nitrogens with zero attached hydrogens (tertiary/aromatic N) is 4. The standard InChI is InChI=1S/C17H29N5O2/c1-11-9-21(15-19-8-7-14(20-15)13(3)18)10-12(2)22(11)16(23)24-17(4,5)6/h7-8,11-13H,9-10,18H2,1-6H3/t11-,12+,13-/m0/s1. The van der Waals surface area contributed by atoms with Gasteiger partial charge in [-0.1, -0.05) is 0 Å². The zero-order chi connectivity index (χ0) is 18.1. The minimum absolute atomic E-state index is 0.00570. The lowest BCUT2D eigenvalue weighted by Crippen LogP contribution is -2.59. The molecule has 0 spiro atoms. The summed E-state index contributed by atoms with van der Waals surface area (Å²) in [5.41, 5.74) is 6.23. The Morgan fingerprint density at radius 1 is 1.33 bits per heavy atom. The highest BCUT2D eigenvalue weighted by Crippen LogP contribution is 2.23. The number of carbonyl (C=O) groups is 1. The Balaban J connectivity index is 2.13. The minimum atomic E-state index is -0.498. The molecule has 1 aliphatic rings. The molecule has 2 heterocycles. The highest BCUT2D eigenvalue weighted by molar-refractivity contribution is 5.69. The van der Waals surface area contributed by atoms with E-state index < -0.39 is 5.60 Å². The Labute approximate surface area is 144 Å². The average molecular weight is 335 g/mol. The van der Waals surface area contributed by atoms with Crippen LogP contribution in [0.2, 0.25) is 0 Å². The largest absolute Gasteiger partial charge is 0.444 e. The molecule has 1 aliphatic heterocycles. The summed E-state index contributed by atoms with van der Waals surface area (Å²) in [7, 11) is 0. The fourth-order valence-electron chi connectivity index (χ4n) is 2.93. The molecular weight excluding hydrogens is 306 g/mol. The van der Waals surface area contributed by atoms with Crippen LogP contribution in [0.25, 0.3) is 0 Å². The van der Waals surface area contributed by atoms with Crippen molar-refractivity contribution in [2.45, 2.75) is 65.3 Å². The fourth-order valence-corrected chi connectivity index (χ4v) is 2.93. The van der Waals surface area contributed by atoms with Gasteiger partial charge in [-0.2, -0.15) is 0 Å². The molecule has 0 unspecified atom stereocenters. The van der Waals surface area contributed by atoms with E-state index in [1.54, 1.807) is 11.1 Å². The number of piperazine rings is 1. The van der Waals surface area contributed by atoms with Crippen molar-refractivity contribution in [3.05, 3.63) is 18.0 Å². The molecule has 1 fully saturated rings. The average Bonchev–Trinajstić information content (AvgIpc) is 2.44. The Kier molecular flexibility index (Phi) is 5.32. The summed E-state index contributed by atoms with van der Waals surface area (Å²) >= 11 is 0. The lowest BCUT2D eigenvalue weighted by Gasteiger charge is -2.44. The molecule has 1 aromatic rings. The molecular formula is C17H29N5O2. The molecule has 1 aromatic heterocycles. The first-order chi connectivity index (χ1) is 11.1. The highest BCUT2D eigenvalue weighted by Gasteiger charge is 2.36. The monoisotopic (exact) mass is 335 g/mol. The van der Waals surface area contributed by atoms with Crippen molar-refractivity contribution in [3.8, 4) is 0 Å². The first-order valence-electron chi connectivity index (χ1n) is 8.43. The maximum absolute atomic E-state index is 12.5. The SMILES string of the molecule is C[C@H](N)c1ccnc(N2C[C@@H](C)N(C(=O)OC(C)(C)C)[C@@H](C)C2)n1. The maximum Gasteiger partial charge on any atom is 0.410 e. The van der Waals surface area contributed by atoms with E-state index in [4.69, 9.17) is 10.5 Å². The van der Waals surface area contributed by atoms with Crippen molar-refractivity contribution in [2.24, 2.45) is 5.73 Å². The van der Waals surface area contributed by atoms with Gasteiger partial charge in [-0.25, -0.2) is 14.8 Å². The van der Waals surface area contributed by atoms with Gasteiger partial charge in [0.25, 0.3) is 0 Å². The van der Waals surface area contributed by atoms with E-state index in [1.807, 2.05) is 47.6 Å². The first-order valence-corrected chi connectivity index (χ1v) is 8.43. The Hall–Kier alpha value is -1.89. The van der Waals surface area contributed by atoms with E-state index in [-0.39, 0.29) is 24.2 Å². The molecule has 134 valence electrons. The van der Waals surface area contributed by atoms with E-state index in [0.29, 0.717) is 19.0 Å². The zero-order valence-corrected chi connectivity index (χ0v) is 15.5. The molecule has 2 N–H and O–H groups in total. The molecule has 24 heavy (non-hydrogen) atoms. The van der Waals surface area contributed by atoms with E-state index in [0.717, 1.165) is 5.69 Å². The normalized spacial score (nSPS) is 23.1. The van der Waals surface area contributed by atoms with Crippen LogP contribution in [0, 0.1) is 0 Å². The van der Waals surface area contributed by atoms with Gasteiger partial charge in [0.05, 0.1) is 17.8 Å². The number of aromatic nitrogens is 2. The van der Waals surface area contributed by atoms with Crippen LogP contribution >= 0.6 is 0 Å². The van der Waals surface area contributed by atoms with Crippen LogP contribution in [-0.4, -0.2) is 51.7 Å². The molecule has 7 heteroatoms. The number of rotatable bonds is 2. The predicted molar refractivity (Wildman–Crippen MR) is 93.8 cm³/mol. The molecule has 1 saturated heterocycles. The highest BCUT2D eigenvalue weighted by atomic mass is 16.6. The van der Waals surface area contributed by atoms with Crippen LogP contribution in [0.5, 0.6) is 0 Å². The van der Waals surface area contributed by atoms with Gasteiger partial charge in [-0.3, -0.25) is 4.90 Å². The fraction of sp³-hybridized carbons (Fsp3) is 0.706. The van der Waals surface area contributed by atoms with Crippen molar-refractivity contribution >= 4 is 12.0 Å². The summed E-state index contributed by atoms with van der Waals surface area (Å²) in [4.78, 5) is 25.3. The molecule has 7 nitrogen and oxygen atoms in total. The van der Waals surface area contributed by atoms with E-state index in [9.17, 15) is 4.79 Å². The van der Waals surface area contributed by atoms with Gasteiger partial charge in [-0.05, 0) is 47.6 Å². The number of anilines is 1. The van der Waals surface area contributed by atoms with Gasteiger partial charge in [0.1, 0.15) is 5.60 Å². The first kappa shape index (κ1) is 18.4. The number of hydrogen-bond acceptors (Lipinski definition) is 6. The third-order valence-corrected chi connectivity index (χ3v) is 3.94. The van der Waals surface area contributed by atoms with Crippen LogP contribution in [0.3, 0.4) is 0 Å². The molecule has 0 aliphatic carbocycles. The minimum Gasteiger partial charge on any atom is -0.444 e. The number of amides is 1. The third-order valence-electron chi connectivity index (χ3n) is 3.94. The second-order valence-electron chi connectivity index (χ2n) is 7.56. The molecule has 0 saturated carbocycles. The number of ether oxygens (including phenoxy) is 1. The smallest absolute Gasteiger partial charge is 0.410 e. The summed E-state index contributed by atoms with van der Waals surface area (Å²) in [6, 6.07) is 1.71. The van der Waals surface area contributed by atoms with Crippen LogP contribution in [0.15, 0.2) is 12.3 Å². The Morgan fingerprint density at radius 2 is 1.92 bits per heavy atom. The van der Waals surface area contributed by atoms with Gasteiger partial charge in [0.2, 0.25) is 5.95 Å². The van der Waals surface area contributed by atoms with Gasteiger partial charge in [0, 0.05) is 25.3 Å². The zero-order valence-electron chi connectivity index (χ0n) is 15.5. The molecule has 1 amide bonds. The number of carbonyl (C=O) groups excluding carboxylic acids is 1. The summed E-state index contributed by atoms with van der Waals surface area (Å²) in [5, 5.41) is 0. The molecule has 2 rings (SSSR count). The van der Waals surface area contributed by atoms with Crippen molar-refractivity contribution < 1.29 is 9.53 Å². The summed E-state index contributed by atoms with van der Waals surface area (Å²) < 4.78 is 5.53. The van der Waals surface area contributed by atoms with Crippen LogP contribution < -0.4 is 10.6 Å². The van der Waals surface area contributed by atoms with Crippen LogP contribution in [-0.2, 0) is 4.74 Å². The van der Waals surface area contributed by atoms with Crippen molar-refractivity contribution in [1.29, 1.82) is 0 Å². The van der Waals surface area contributed by atoms with Gasteiger partial charge >= 0.3 is 6.09 Å². The predicted octanol–water partition coefficient (Wildman–Crippen LogP) is 2.33. The molecule has 0 bridgehead atoms. The van der Waals surface area contributed by atoms with E-state index in [1.165, 1.54) is 0 Å². The Bertz CT molecular complexity index is 573. The lowest BCUT2D eigenvalue weighted by molar-refractivity contribution is 0.00554. The topological polar surface area (TPSA) is 84.6 Å². The van der Waals surface area contributed by atoms with Crippen molar-refractivity contribution in [3.63, 3.8) is 0 Å². The molecule has 3 atom stereocenters. The summed E-state index contributed by atoms with van der Waals surface area (Å²) in [5.74, 6) is 0.660. The summed E-state index contributed by atoms with van der Waals surface area (Å²) in [6.45, 7) is 12.9. The number of hydrogen-bond donors (Lipinski definition) is 1. The van der Waals surface area contributed by atoms with E-state index in [2.05, 4.69) is 14.9 Å². The van der Waals surface area contributed by atoms with Crippen LogP contribution in [0.1, 0.15) is 53.3 Å². The summed E-state index contributed by atoms with van der Waals surface area (Å²) in [6.07, 6.45) is 1.46. The molecule has 0 radical (unpaired) electrons. The maximum atomic E-state index is 12.5. The van der Waals surface area contributed by atoms with E-state index >= 15 is 0 Å². The van der Waals surface area contributed by atoms with Gasteiger partial charge in [-0.15, -0.1) is 0 Å². The molecule has 0 aromatic carbocycles. The van der Waals surface area contributed by atoms with Crippen molar-refractivity contribution in [1.82, 2.24) is 14.9 Å². The van der Waals surface area contributed by atoms with Crippen molar-refractivity contribution in [2.75, 3.05) is 18.0 Å². The van der Waals surface area contributed by atoms with Crippen LogP contribution in [0.4, 0.5) is 10.7 Å². The second kappa shape index (κ2) is 6.93. The third kappa shape index (κ3) is 4.35. The quantitative estimate of drug-likeness (QED) is 0.893. The lowest BCUT2D eigenvalue weighted by atomic mass is 10.1. The second-order valence-corrected chi connectivity index (χ2v) is 7.56. The van der Waals surface area contributed by atoms with Gasteiger partial charge in [0.15, 0.2) is 0 Å².